The van der Waals surface area contributed by atoms with E-state index in [0.29, 0.717) is 40.7 Å². The number of para-hydroxylation sites is 9. The largest absolute Gasteiger partial charge is 1.00 e. The first-order valence-corrected chi connectivity index (χ1v) is 49.4. The molecule has 149 heavy (non-hydrogen) atoms. The second-order valence-electron chi connectivity index (χ2n) is 32.8. The lowest BCUT2D eigenvalue weighted by molar-refractivity contribution is -0.662. The predicted molar refractivity (Wildman–Crippen MR) is 602 cm³/mol. The number of fused-ring (bicyclic) bond motifs is 3. The molecule has 3 heterocycles. The van der Waals surface area contributed by atoms with Gasteiger partial charge in [0, 0.05) is 155 Å². The Bertz CT molecular complexity index is 7200. The molecule has 19 aromatic rings. The van der Waals surface area contributed by atoms with E-state index >= 15 is 0 Å². The van der Waals surface area contributed by atoms with Gasteiger partial charge >= 0.3 is 23.9 Å². The number of nitrogens with zero attached hydrogens (tertiary/aromatic N) is 7. The summed E-state index contributed by atoms with van der Waals surface area (Å²) >= 11 is 17.7. The minimum atomic E-state index is -0.750. The molecule has 0 aliphatic rings. The standard InChI is InChI=1S/C38H31N2O2.C19H18NO2.2C19H15NO.C10H9N.C9H9BrO2.C9H10O2.C2H3N.CHCl3.2BrH/c1-29(41)42-36-24-19-31(20-25-36)28-39-27-26-32(37-14-8-9-15-38(37)39)21-16-30-17-22-35(23-18-30)40(33-10-4-2-5-11-33)34-12-6-3-7-13-34;1-14-11-12-20(19-6-4-3-5-18(14)19)13-16-7-9-17(10-8-16)22-15(2)21;2*21-15-16-11-13-19(14-12-16)20(17-7-3-1-4-8-17)18-9-5-2-6-10-18;1-8-6-7-11-10-5-3-2-4-9(8)10;1-7(11)12-9-4-2-8(6-10)3-5-9;1-7-3-5-9(6-4-7)11-8(2)10;1-2-3;2-1(3)4;;/h2-27H,28H2,1H3;3-12H,13H2,1-2H3;2*1-15H;2-7H,1H3;2-5H,6H2,1H3;3-6H,1-2H3;1H3;1H;2*1H/q2*+1;;;;;;;;;/p-2. The Morgan fingerprint density at radius 3 is 0.926 bits per heavy atom. The highest BCUT2D eigenvalue weighted by molar-refractivity contribution is 9.08. The molecule has 19 rings (SSSR count). The van der Waals surface area contributed by atoms with Crippen molar-refractivity contribution in [1.82, 2.24) is 4.98 Å². The zero-order chi connectivity index (χ0) is 104. The Morgan fingerprint density at radius 1 is 0.336 bits per heavy atom. The lowest BCUT2D eigenvalue weighted by Crippen LogP contribution is -3.00. The molecule has 0 N–H and O–H groups in total. The minimum absolute atomic E-state index is 0. The van der Waals surface area contributed by atoms with Crippen molar-refractivity contribution in [2.45, 2.75) is 78.1 Å². The Hall–Kier alpha value is -16.1. The van der Waals surface area contributed by atoms with Crippen LogP contribution in [0.3, 0.4) is 0 Å². The molecule has 17 nitrogen and oxygen atoms in total. The second-order valence-corrected chi connectivity index (χ2v) is 35.3. The Labute approximate surface area is 915 Å². The molecule has 0 unspecified atom stereocenters. The third-order valence-corrected chi connectivity index (χ3v) is 22.6. The number of alkyl halides is 4. The van der Waals surface area contributed by atoms with Crippen LogP contribution in [0.1, 0.15) is 99.8 Å². The molecule has 16 aromatic carbocycles. The fourth-order valence-corrected chi connectivity index (χ4v) is 15.5. The van der Waals surface area contributed by atoms with E-state index in [2.05, 4.69) is 271 Å². The van der Waals surface area contributed by atoms with Gasteiger partial charge in [0.05, 0.1) is 17.0 Å². The number of hydrogen-bond acceptors (Lipinski definition) is 15. The summed E-state index contributed by atoms with van der Waals surface area (Å²) in [6.45, 7) is 14.7. The average molecular weight is 2230 g/mol. The average Bonchev–Trinajstić information content (AvgIpc) is 0.783. The molecule has 0 amide bonds. The summed E-state index contributed by atoms with van der Waals surface area (Å²) in [5.41, 5.74) is 24.0. The van der Waals surface area contributed by atoms with Crippen LogP contribution in [0.2, 0.25) is 0 Å². The van der Waals surface area contributed by atoms with Gasteiger partial charge in [-0.05, 0) is 279 Å². The van der Waals surface area contributed by atoms with E-state index in [1.165, 1.54) is 67.4 Å². The zero-order valence-corrected chi connectivity index (χ0v) is 90.4. The van der Waals surface area contributed by atoms with Gasteiger partial charge in [0.2, 0.25) is 11.0 Å². The number of aromatic nitrogens is 3. The Morgan fingerprint density at radius 2 is 0.604 bits per heavy atom. The third-order valence-electron chi connectivity index (χ3n) is 21.9. The highest BCUT2D eigenvalue weighted by atomic mass is 79.9. The molecule has 0 bridgehead atoms. The van der Waals surface area contributed by atoms with Crippen molar-refractivity contribution in [3.63, 3.8) is 0 Å². The molecule has 0 fully saturated rings. The molecule has 0 atom stereocenters. The number of pyridine rings is 3. The van der Waals surface area contributed by atoms with E-state index in [0.717, 1.165) is 120 Å². The first-order valence-electron chi connectivity index (χ1n) is 47.0. The Balaban J connectivity index is 0.000000200. The fourth-order valence-electron chi connectivity index (χ4n) is 15.2. The molecule has 0 radical (unpaired) electrons. The third kappa shape index (κ3) is 38.0. The number of carbonyl (C=O) groups is 6. The molecule has 23 heteroatoms. The van der Waals surface area contributed by atoms with Crippen LogP contribution in [-0.2, 0) is 37.6 Å². The number of nitriles is 1. The van der Waals surface area contributed by atoms with E-state index in [1.807, 2.05) is 244 Å². The number of aryl methyl sites for hydroxylation is 3. The summed E-state index contributed by atoms with van der Waals surface area (Å²) in [6, 6.07) is 149. The zero-order valence-electron chi connectivity index (χ0n) is 83.4. The number of anilines is 9. The van der Waals surface area contributed by atoms with Crippen molar-refractivity contribution >= 4 is 183 Å². The number of esters is 4. The smallest absolute Gasteiger partial charge is 0.308 e. The van der Waals surface area contributed by atoms with Crippen molar-refractivity contribution < 1.29 is 90.8 Å². The highest BCUT2D eigenvalue weighted by Crippen LogP contribution is 2.38. The summed E-state index contributed by atoms with van der Waals surface area (Å²) in [5, 5.41) is 11.8. The summed E-state index contributed by atoms with van der Waals surface area (Å²) in [4.78, 5) is 75.6. The predicted octanol–water partition coefficient (Wildman–Crippen LogP) is 25.6. The van der Waals surface area contributed by atoms with Crippen molar-refractivity contribution in [3.8, 4) is 29.1 Å². The maximum Gasteiger partial charge on any atom is 0.308 e. The summed E-state index contributed by atoms with van der Waals surface area (Å²) in [5.74, 6) is 1.14. The number of ether oxygens (including phenoxy) is 4. The summed E-state index contributed by atoms with van der Waals surface area (Å²) < 4.78 is 23.6. The van der Waals surface area contributed by atoms with Gasteiger partial charge in [-0.15, -0.1) is 0 Å². The van der Waals surface area contributed by atoms with E-state index in [4.69, 9.17) is 59.0 Å². The van der Waals surface area contributed by atoms with Gasteiger partial charge in [-0.1, -0.05) is 257 Å². The van der Waals surface area contributed by atoms with Crippen molar-refractivity contribution in [3.05, 3.63) is 517 Å². The van der Waals surface area contributed by atoms with Crippen LogP contribution in [0.15, 0.2) is 461 Å². The monoisotopic (exact) mass is 2220 g/mol. The van der Waals surface area contributed by atoms with E-state index in [9.17, 15) is 28.8 Å². The van der Waals surface area contributed by atoms with Gasteiger partial charge < -0.3 is 67.6 Å². The fraction of sp³-hybridized carbons (Fsp3) is 0.0952. The highest BCUT2D eigenvalue weighted by Gasteiger charge is 2.19. The molecular formula is C126H111Br3Cl3N7O10. The van der Waals surface area contributed by atoms with Crippen molar-refractivity contribution in [2.75, 3.05) is 14.7 Å². The molecule has 0 aliphatic heterocycles. The van der Waals surface area contributed by atoms with Crippen LogP contribution in [0.4, 0.5) is 51.2 Å². The minimum Gasteiger partial charge on any atom is -1.00 e. The van der Waals surface area contributed by atoms with E-state index < -0.39 is 4.30 Å². The van der Waals surface area contributed by atoms with Crippen LogP contribution >= 0.6 is 50.7 Å². The van der Waals surface area contributed by atoms with Gasteiger partial charge in [0.25, 0.3) is 0 Å². The summed E-state index contributed by atoms with van der Waals surface area (Å²) in [7, 11) is 0. The number of carbonyl (C=O) groups excluding carboxylic acids is 6. The first-order chi connectivity index (χ1) is 71.5. The number of rotatable bonds is 22. The van der Waals surface area contributed by atoms with Crippen LogP contribution in [0, 0.1) is 32.1 Å². The van der Waals surface area contributed by atoms with Crippen LogP contribution in [-0.4, -0.2) is 45.7 Å². The summed E-state index contributed by atoms with van der Waals surface area (Å²) in [6.07, 6.45) is 12.1. The normalized spacial score (nSPS) is 10.0. The number of hydrogen-bond donors (Lipinski definition) is 0. The molecule has 0 saturated heterocycles. The van der Waals surface area contributed by atoms with Crippen LogP contribution in [0.25, 0.3) is 44.9 Å². The van der Waals surface area contributed by atoms with Crippen molar-refractivity contribution in [1.29, 1.82) is 5.26 Å². The second kappa shape index (κ2) is 62.7. The van der Waals surface area contributed by atoms with Gasteiger partial charge in [-0.3, -0.25) is 33.8 Å². The topological polar surface area (TPSA) is 194 Å². The SMILES string of the molecule is CC#N.CC(=O)Oc1ccc(C)cc1.CC(=O)Oc1ccc(CBr)cc1.CC(=O)Oc1ccc(C[n+]2ccc(/C=C/c3ccc(N(c4ccccc4)c4ccccc4)cc3)c3ccccc32)cc1.CC(=O)Oc1ccc(C[n+]2ccc(C)c3ccccc32)cc1.Cc1ccnc2ccccc12.ClC(Cl)Cl.O=Cc1ccc(N(c2ccccc2)c2ccccc2)cc1.O=Cc1ccc(N(c2ccccc2)c2ccccc2)cc1.[Br-].[Br-]. The van der Waals surface area contributed by atoms with Gasteiger partial charge in [-0.2, -0.15) is 14.4 Å². The van der Waals surface area contributed by atoms with Gasteiger partial charge in [0.15, 0.2) is 29.8 Å². The van der Waals surface area contributed by atoms with E-state index in [1.54, 1.807) is 30.3 Å². The number of aldehydes is 2. The molecule has 0 saturated carbocycles. The molecule has 0 aliphatic carbocycles. The molecule has 752 valence electrons. The van der Waals surface area contributed by atoms with Crippen LogP contribution in [0.5, 0.6) is 23.0 Å². The lowest BCUT2D eigenvalue weighted by atomic mass is 10.1. The van der Waals surface area contributed by atoms with E-state index in [-0.39, 0.29) is 57.8 Å². The maximum atomic E-state index is 11.2. The molecule has 3 aromatic heterocycles. The molecule has 0 spiro atoms. The molecular weight excluding hydrogens is 2120 g/mol. The maximum absolute atomic E-state index is 11.2. The Kier molecular flexibility index (Phi) is 49.0. The number of benzene rings is 16. The quantitative estimate of drug-likeness (QED) is 0.0204. The lowest BCUT2D eigenvalue weighted by Gasteiger charge is -2.25. The van der Waals surface area contributed by atoms with Crippen LogP contribution < -0.4 is 76.7 Å². The van der Waals surface area contributed by atoms with Crippen molar-refractivity contribution in [2.24, 2.45) is 0 Å². The van der Waals surface area contributed by atoms with Gasteiger partial charge in [0.1, 0.15) is 35.6 Å². The van der Waals surface area contributed by atoms with Gasteiger partial charge in [-0.25, -0.2) is 0 Å². The number of halogens is 6. The first kappa shape index (κ1) is 116.